The topological polar surface area (TPSA) is 36.9 Å². The molecule has 1 aliphatic rings. The van der Waals surface area contributed by atoms with Crippen molar-refractivity contribution in [1.29, 1.82) is 0 Å². The normalized spacial score (nSPS) is 16.2. The monoisotopic (exact) mass is 415 g/mol. The van der Waals surface area contributed by atoms with Crippen LogP contribution in [-0.2, 0) is 11.2 Å². The van der Waals surface area contributed by atoms with Crippen molar-refractivity contribution < 1.29 is 4.74 Å². The van der Waals surface area contributed by atoms with Crippen molar-refractivity contribution in [2.45, 2.75) is 25.7 Å². The molecule has 1 aromatic rings. The number of guanidine groups is 1. The average molecular weight is 417 g/mol. The lowest BCUT2D eigenvalue weighted by atomic mass is 9.96. The highest BCUT2D eigenvalue weighted by Gasteiger charge is 2.15. The van der Waals surface area contributed by atoms with E-state index in [0.29, 0.717) is 0 Å². The van der Waals surface area contributed by atoms with Crippen LogP contribution < -0.4 is 5.32 Å². The Labute approximate surface area is 158 Å². The van der Waals surface area contributed by atoms with Gasteiger partial charge in [0, 0.05) is 49.9 Å². The van der Waals surface area contributed by atoms with Crippen molar-refractivity contribution in [3.8, 4) is 0 Å². The summed E-state index contributed by atoms with van der Waals surface area (Å²) in [5.41, 5.74) is 1.20. The Morgan fingerprint density at radius 3 is 2.88 bits per heavy atom. The van der Waals surface area contributed by atoms with Crippen LogP contribution in [0, 0.1) is 5.92 Å². The number of halogens is 2. The van der Waals surface area contributed by atoms with Gasteiger partial charge in [-0.3, -0.25) is 4.99 Å². The molecule has 0 atom stereocenters. The third-order valence-electron chi connectivity index (χ3n) is 4.47. The van der Waals surface area contributed by atoms with Crippen molar-refractivity contribution in [3.63, 3.8) is 0 Å². The maximum atomic E-state index is 6.07. The predicted molar refractivity (Wildman–Crippen MR) is 105 cm³/mol. The molecule has 0 saturated carbocycles. The van der Waals surface area contributed by atoms with E-state index in [9.17, 15) is 0 Å². The molecule has 1 aromatic carbocycles. The summed E-state index contributed by atoms with van der Waals surface area (Å²) in [5.74, 6) is 1.72. The molecular formula is C18H27BrClN3O. The lowest BCUT2D eigenvalue weighted by molar-refractivity contribution is 0.0625. The molecule has 0 aromatic heterocycles. The van der Waals surface area contributed by atoms with Gasteiger partial charge < -0.3 is 15.0 Å². The van der Waals surface area contributed by atoms with Crippen LogP contribution >= 0.6 is 27.5 Å². The molecule has 0 amide bonds. The molecule has 4 nitrogen and oxygen atoms in total. The molecule has 1 heterocycles. The minimum Gasteiger partial charge on any atom is -0.381 e. The fraction of sp³-hybridized carbons (Fsp3) is 0.611. The maximum absolute atomic E-state index is 6.07. The van der Waals surface area contributed by atoms with E-state index in [2.05, 4.69) is 38.2 Å². The van der Waals surface area contributed by atoms with Crippen LogP contribution in [0.2, 0.25) is 5.02 Å². The molecular weight excluding hydrogens is 390 g/mol. The summed E-state index contributed by atoms with van der Waals surface area (Å²) in [5, 5.41) is 4.21. The molecule has 0 radical (unpaired) electrons. The van der Waals surface area contributed by atoms with Gasteiger partial charge in [0.05, 0.1) is 0 Å². The molecule has 1 N–H and O–H groups in total. The largest absolute Gasteiger partial charge is 0.381 e. The first-order valence-corrected chi connectivity index (χ1v) is 9.70. The molecule has 1 saturated heterocycles. The molecule has 1 fully saturated rings. The van der Waals surface area contributed by atoms with E-state index in [4.69, 9.17) is 16.3 Å². The van der Waals surface area contributed by atoms with Crippen LogP contribution in [0.3, 0.4) is 0 Å². The van der Waals surface area contributed by atoms with Gasteiger partial charge in [0.1, 0.15) is 0 Å². The van der Waals surface area contributed by atoms with E-state index in [1.165, 1.54) is 24.8 Å². The zero-order valence-electron chi connectivity index (χ0n) is 14.5. The molecule has 0 spiro atoms. The van der Waals surface area contributed by atoms with Gasteiger partial charge in [-0.05, 0) is 55.4 Å². The van der Waals surface area contributed by atoms with Gasteiger partial charge in [0.2, 0.25) is 0 Å². The van der Waals surface area contributed by atoms with Gasteiger partial charge in [-0.2, -0.15) is 0 Å². The van der Waals surface area contributed by atoms with Gasteiger partial charge >= 0.3 is 0 Å². The predicted octanol–water partition coefficient (Wildman–Crippen LogP) is 3.97. The highest BCUT2D eigenvalue weighted by atomic mass is 79.9. The van der Waals surface area contributed by atoms with E-state index in [1.807, 2.05) is 25.2 Å². The highest BCUT2D eigenvalue weighted by molar-refractivity contribution is 9.10. The number of hydrogen-bond acceptors (Lipinski definition) is 2. The smallest absolute Gasteiger partial charge is 0.193 e. The quantitative estimate of drug-likeness (QED) is 0.563. The van der Waals surface area contributed by atoms with Crippen LogP contribution in [0.15, 0.2) is 27.7 Å². The zero-order valence-corrected chi connectivity index (χ0v) is 16.9. The van der Waals surface area contributed by atoms with Crippen LogP contribution in [0.4, 0.5) is 0 Å². The van der Waals surface area contributed by atoms with Crippen molar-refractivity contribution >= 4 is 33.5 Å². The van der Waals surface area contributed by atoms with Crippen molar-refractivity contribution in [2.75, 3.05) is 40.4 Å². The Hall–Kier alpha value is -0.780. The number of nitrogens with zero attached hydrogens (tertiary/aromatic N) is 2. The third-order valence-corrected chi connectivity index (χ3v) is 5.48. The molecule has 0 aliphatic carbocycles. The number of benzene rings is 1. The Bertz CT molecular complexity index is 547. The Morgan fingerprint density at radius 1 is 1.42 bits per heavy atom. The number of rotatable bonds is 6. The fourth-order valence-electron chi connectivity index (χ4n) is 2.95. The molecule has 134 valence electrons. The first-order chi connectivity index (χ1) is 11.6. The molecule has 0 unspecified atom stereocenters. The van der Waals surface area contributed by atoms with E-state index in [-0.39, 0.29) is 0 Å². The van der Waals surface area contributed by atoms with Gasteiger partial charge in [0.15, 0.2) is 5.96 Å². The summed E-state index contributed by atoms with van der Waals surface area (Å²) in [6, 6.07) is 5.89. The maximum Gasteiger partial charge on any atom is 0.193 e. The zero-order chi connectivity index (χ0) is 17.4. The summed E-state index contributed by atoms with van der Waals surface area (Å²) < 4.78 is 6.52. The second-order valence-corrected chi connectivity index (χ2v) is 7.52. The molecule has 24 heavy (non-hydrogen) atoms. The van der Waals surface area contributed by atoms with E-state index in [0.717, 1.165) is 54.1 Å². The average Bonchev–Trinajstić information content (AvgIpc) is 2.60. The second-order valence-electron chi connectivity index (χ2n) is 6.23. The lowest BCUT2D eigenvalue weighted by Gasteiger charge is -2.26. The first kappa shape index (κ1) is 19.5. The van der Waals surface area contributed by atoms with Crippen LogP contribution in [-0.4, -0.2) is 51.3 Å². The summed E-state index contributed by atoms with van der Waals surface area (Å²) in [4.78, 5) is 6.60. The SMILES string of the molecule is CN=C(NCCc1cc(Cl)ccc1Br)N(C)CCC1CCOCC1. The molecule has 2 rings (SSSR count). The van der Waals surface area contributed by atoms with E-state index >= 15 is 0 Å². The minimum atomic E-state index is 0.770. The van der Waals surface area contributed by atoms with Crippen LogP contribution in [0.1, 0.15) is 24.8 Å². The van der Waals surface area contributed by atoms with Crippen molar-refractivity contribution in [2.24, 2.45) is 10.9 Å². The summed E-state index contributed by atoms with van der Waals surface area (Å²) in [7, 11) is 3.94. The fourth-order valence-corrected chi connectivity index (χ4v) is 3.59. The highest BCUT2D eigenvalue weighted by Crippen LogP contribution is 2.21. The second kappa shape index (κ2) is 10.3. The van der Waals surface area contributed by atoms with Crippen LogP contribution in [0.5, 0.6) is 0 Å². The number of nitrogens with one attached hydrogen (secondary N) is 1. The number of hydrogen-bond donors (Lipinski definition) is 1. The Morgan fingerprint density at radius 2 is 2.17 bits per heavy atom. The van der Waals surface area contributed by atoms with Gasteiger partial charge in [-0.25, -0.2) is 0 Å². The molecule has 6 heteroatoms. The minimum absolute atomic E-state index is 0.770. The number of aliphatic imine (C=N–C) groups is 1. The lowest BCUT2D eigenvalue weighted by Crippen LogP contribution is -2.40. The van der Waals surface area contributed by atoms with Gasteiger partial charge in [-0.1, -0.05) is 27.5 Å². The van der Waals surface area contributed by atoms with E-state index in [1.54, 1.807) is 0 Å². The molecule has 1 aliphatic heterocycles. The standard InChI is InChI=1S/C18H27BrClN3O/c1-21-18(23(2)10-6-14-7-11-24-12-8-14)22-9-5-15-13-16(20)3-4-17(15)19/h3-4,13-14H,5-12H2,1-2H3,(H,21,22). The van der Waals surface area contributed by atoms with Crippen LogP contribution in [0.25, 0.3) is 0 Å². The molecule has 0 bridgehead atoms. The Balaban J connectivity index is 1.75. The van der Waals surface area contributed by atoms with E-state index < -0.39 is 0 Å². The summed E-state index contributed by atoms with van der Waals surface area (Å²) in [6.45, 7) is 3.67. The number of ether oxygens (including phenoxy) is 1. The Kier molecular flexibility index (Phi) is 8.36. The van der Waals surface area contributed by atoms with Gasteiger partial charge in [-0.15, -0.1) is 0 Å². The third kappa shape index (κ3) is 6.26. The summed E-state index contributed by atoms with van der Waals surface area (Å²) >= 11 is 9.64. The van der Waals surface area contributed by atoms with Gasteiger partial charge in [0.25, 0.3) is 0 Å². The first-order valence-electron chi connectivity index (χ1n) is 8.53. The van der Waals surface area contributed by atoms with Crippen molar-refractivity contribution in [1.82, 2.24) is 10.2 Å². The summed E-state index contributed by atoms with van der Waals surface area (Å²) in [6.07, 6.45) is 4.46. The van der Waals surface area contributed by atoms with Crippen molar-refractivity contribution in [3.05, 3.63) is 33.3 Å².